The SMILES string of the molecule is O=C(Cc1csc(NC(=O)c2ccco2)n1)NCc1cccc(NC(=O)C2CCCC2)c1. The van der Waals surface area contributed by atoms with Crippen LogP contribution in [0.25, 0.3) is 0 Å². The van der Waals surface area contributed by atoms with Gasteiger partial charge in [-0.1, -0.05) is 25.0 Å². The molecule has 166 valence electrons. The summed E-state index contributed by atoms with van der Waals surface area (Å²) in [5.41, 5.74) is 2.21. The Kier molecular flexibility index (Phi) is 6.96. The van der Waals surface area contributed by atoms with E-state index in [2.05, 4.69) is 20.9 Å². The second-order valence-corrected chi connectivity index (χ2v) is 8.56. The van der Waals surface area contributed by atoms with Gasteiger partial charge in [0.1, 0.15) is 0 Å². The quantitative estimate of drug-likeness (QED) is 0.478. The average molecular weight is 453 g/mol. The summed E-state index contributed by atoms with van der Waals surface area (Å²) in [5.74, 6) is -0.201. The highest BCUT2D eigenvalue weighted by atomic mass is 32.1. The molecule has 8 nitrogen and oxygen atoms in total. The summed E-state index contributed by atoms with van der Waals surface area (Å²) in [6.45, 7) is 0.345. The molecule has 9 heteroatoms. The largest absolute Gasteiger partial charge is 0.459 e. The van der Waals surface area contributed by atoms with E-state index in [9.17, 15) is 14.4 Å². The molecule has 0 saturated heterocycles. The molecular formula is C23H24N4O4S. The molecule has 3 aromatic rings. The number of rotatable bonds is 8. The summed E-state index contributed by atoms with van der Waals surface area (Å²) in [6.07, 6.45) is 5.65. The van der Waals surface area contributed by atoms with Crippen LogP contribution < -0.4 is 16.0 Å². The van der Waals surface area contributed by atoms with Crippen molar-refractivity contribution in [3.8, 4) is 0 Å². The van der Waals surface area contributed by atoms with Crippen LogP contribution in [0.5, 0.6) is 0 Å². The first-order valence-corrected chi connectivity index (χ1v) is 11.4. The van der Waals surface area contributed by atoms with Crippen molar-refractivity contribution in [3.05, 3.63) is 65.1 Å². The third-order valence-electron chi connectivity index (χ3n) is 5.27. The fraction of sp³-hybridized carbons (Fsp3) is 0.304. The lowest BCUT2D eigenvalue weighted by molar-refractivity contribution is -0.121. The Morgan fingerprint density at radius 2 is 1.94 bits per heavy atom. The summed E-state index contributed by atoms with van der Waals surface area (Å²) >= 11 is 1.24. The molecular weight excluding hydrogens is 428 g/mol. The minimum absolute atomic E-state index is 0.0714. The lowest BCUT2D eigenvalue weighted by atomic mass is 10.1. The van der Waals surface area contributed by atoms with E-state index in [4.69, 9.17) is 4.42 Å². The minimum Gasteiger partial charge on any atom is -0.459 e. The number of amides is 3. The van der Waals surface area contributed by atoms with Crippen molar-refractivity contribution < 1.29 is 18.8 Å². The van der Waals surface area contributed by atoms with E-state index in [0.29, 0.717) is 17.4 Å². The standard InChI is InChI=1S/C23H24N4O4S/c28-20(12-18-14-32-23(26-18)27-22(30)19-9-4-10-31-19)24-13-15-5-3-8-17(11-15)25-21(29)16-6-1-2-7-16/h3-5,8-11,14,16H,1-2,6-7,12-13H2,(H,24,28)(H,25,29)(H,26,27,30). The van der Waals surface area contributed by atoms with Crippen LogP contribution in [0.15, 0.2) is 52.5 Å². The Morgan fingerprint density at radius 1 is 1.09 bits per heavy atom. The molecule has 0 aliphatic heterocycles. The van der Waals surface area contributed by atoms with Crippen LogP contribution in [0.4, 0.5) is 10.8 Å². The zero-order valence-corrected chi connectivity index (χ0v) is 18.2. The number of hydrogen-bond donors (Lipinski definition) is 3. The number of nitrogens with zero attached hydrogens (tertiary/aromatic N) is 1. The second-order valence-electron chi connectivity index (χ2n) is 7.70. The molecule has 0 unspecified atom stereocenters. The topological polar surface area (TPSA) is 113 Å². The third-order valence-corrected chi connectivity index (χ3v) is 6.08. The Balaban J connectivity index is 1.25. The average Bonchev–Trinajstić information content (AvgIpc) is 3.55. The predicted molar refractivity (Wildman–Crippen MR) is 121 cm³/mol. The summed E-state index contributed by atoms with van der Waals surface area (Å²) in [5, 5.41) is 10.6. The van der Waals surface area contributed by atoms with Crippen molar-refractivity contribution in [3.63, 3.8) is 0 Å². The summed E-state index contributed by atoms with van der Waals surface area (Å²) in [7, 11) is 0. The maximum Gasteiger partial charge on any atom is 0.293 e. The molecule has 1 aromatic carbocycles. The van der Waals surface area contributed by atoms with Gasteiger partial charge in [0.05, 0.1) is 18.4 Å². The lowest BCUT2D eigenvalue weighted by Crippen LogP contribution is -2.25. The van der Waals surface area contributed by atoms with Gasteiger partial charge in [-0.2, -0.15) is 0 Å². The van der Waals surface area contributed by atoms with E-state index in [1.54, 1.807) is 17.5 Å². The number of benzene rings is 1. The summed E-state index contributed by atoms with van der Waals surface area (Å²) in [4.78, 5) is 40.9. The summed E-state index contributed by atoms with van der Waals surface area (Å²) < 4.78 is 5.05. The van der Waals surface area contributed by atoms with E-state index in [-0.39, 0.29) is 35.8 Å². The van der Waals surface area contributed by atoms with Crippen molar-refractivity contribution >= 4 is 39.9 Å². The van der Waals surface area contributed by atoms with Gasteiger partial charge < -0.3 is 15.1 Å². The highest BCUT2D eigenvalue weighted by Gasteiger charge is 2.22. The Bertz CT molecular complexity index is 1090. The van der Waals surface area contributed by atoms with Crippen LogP contribution in [0.2, 0.25) is 0 Å². The molecule has 2 aromatic heterocycles. The van der Waals surface area contributed by atoms with E-state index < -0.39 is 0 Å². The van der Waals surface area contributed by atoms with E-state index in [1.165, 1.54) is 17.6 Å². The van der Waals surface area contributed by atoms with Gasteiger partial charge in [-0.15, -0.1) is 11.3 Å². The van der Waals surface area contributed by atoms with Crippen molar-refractivity contribution in [2.45, 2.75) is 38.6 Å². The maximum atomic E-state index is 12.3. The van der Waals surface area contributed by atoms with Crippen molar-refractivity contribution in [1.82, 2.24) is 10.3 Å². The van der Waals surface area contributed by atoms with Crippen LogP contribution in [-0.2, 0) is 22.6 Å². The molecule has 32 heavy (non-hydrogen) atoms. The van der Waals surface area contributed by atoms with Crippen molar-refractivity contribution in [2.75, 3.05) is 10.6 Å². The van der Waals surface area contributed by atoms with Gasteiger partial charge in [0.25, 0.3) is 5.91 Å². The van der Waals surface area contributed by atoms with Gasteiger partial charge in [0.15, 0.2) is 10.9 Å². The number of thiazole rings is 1. The molecule has 1 aliphatic rings. The summed E-state index contributed by atoms with van der Waals surface area (Å²) in [6, 6.07) is 10.7. The van der Waals surface area contributed by atoms with Gasteiger partial charge in [-0.25, -0.2) is 4.98 Å². The monoisotopic (exact) mass is 452 g/mol. The normalized spacial score (nSPS) is 13.6. The lowest BCUT2D eigenvalue weighted by Gasteiger charge is -2.11. The van der Waals surface area contributed by atoms with Crippen LogP contribution in [0.3, 0.4) is 0 Å². The first-order valence-electron chi connectivity index (χ1n) is 10.5. The molecule has 0 spiro atoms. The van der Waals surface area contributed by atoms with E-state index >= 15 is 0 Å². The highest BCUT2D eigenvalue weighted by molar-refractivity contribution is 7.14. The molecule has 0 radical (unpaired) electrons. The maximum absolute atomic E-state index is 12.3. The number of anilines is 2. The number of carbonyl (C=O) groups is 3. The Morgan fingerprint density at radius 3 is 2.72 bits per heavy atom. The highest BCUT2D eigenvalue weighted by Crippen LogP contribution is 2.26. The first kappa shape index (κ1) is 21.8. The Hall–Kier alpha value is -3.46. The zero-order valence-electron chi connectivity index (χ0n) is 17.4. The number of furan rings is 1. The zero-order chi connectivity index (χ0) is 22.3. The second kappa shape index (κ2) is 10.2. The molecule has 4 rings (SSSR count). The van der Waals surface area contributed by atoms with Crippen LogP contribution in [0.1, 0.15) is 47.5 Å². The fourth-order valence-corrected chi connectivity index (χ4v) is 4.34. The third kappa shape index (κ3) is 5.82. The fourth-order valence-electron chi connectivity index (χ4n) is 3.63. The predicted octanol–water partition coefficient (Wildman–Crippen LogP) is 3.98. The van der Waals surface area contributed by atoms with Gasteiger partial charge in [0.2, 0.25) is 11.8 Å². The minimum atomic E-state index is -0.389. The molecule has 1 aliphatic carbocycles. The van der Waals surface area contributed by atoms with Gasteiger partial charge >= 0.3 is 0 Å². The molecule has 0 bridgehead atoms. The van der Waals surface area contributed by atoms with Gasteiger partial charge in [-0.3, -0.25) is 19.7 Å². The van der Waals surface area contributed by atoms with Crippen LogP contribution >= 0.6 is 11.3 Å². The van der Waals surface area contributed by atoms with Crippen LogP contribution in [0, 0.1) is 5.92 Å². The van der Waals surface area contributed by atoms with Crippen molar-refractivity contribution in [2.24, 2.45) is 5.92 Å². The molecule has 1 saturated carbocycles. The molecule has 3 amide bonds. The van der Waals surface area contributed by atoms with Crippen LogP contribution in [-0.4, -0.2) is 22.7 Å². The smallest absolute Gasteiger partial charge is 0.293 e. The van der Waals surface area contributed by atoms with Crippen molar-refractivity contribution in [1.29, 1.82) is 0 Å². The molecule has 3 N–H and O–H groups in total. The van der Waals surface area contributed by atoms with E-state index in [1.807, 2.05) is 24.3 Å². The molecule has 0 atom stereocenters. The molecule has 2 heterocycles. The number of aromatic nitrogens is 1. The van der Waals surface area contributed by atoms with E-state index in [0.717, 1.165) is 36.9 Å². The first-order chi connectivity index (χ1) is 15.6. The number of nitrogens with one attached hydrogen (secondary N) is 3. The number of carbonyl (C=O) groups excluding carboxylic acids is 3. The molecule has 1 fully saturated rings. The Labute approximate surface area is 189 Å². The number of hydrogen-bond acceptors (Lipinski definition) is 6. The van der Waals surface area contributed by atoms with Gasteiger partial charge in [0, 0.05) is 23.5 Å². The van der Waals surface area contributed by atoms with Gasteiger partial charge in [-0.05, 0) is 42.7 Å².